The van der Waals surface area contributed by atoms with Crippen LogP contribution in [0.5, 0.6) is 11.5 Å². The summed E-state index contributed by atoms with van der Waals surface area (Å²) in [7, 11) is 0. The lowest BCUT2D eigenvalue weighted by atomic mass is 10.0. The van der Waals surface area contributed by atoms with Gasteiger partial charge in [-0.3, -0.25) is 4.39 Å². The zero-order valence-electron chi connectivity index (χ0n) is 23.6. The highest BCUT2D eigenvalue weighted by Crippen LogP contribution is 2.18. The molecule has 222 valence electrons. The molecule has 1 aliphatic rings. The molecule has 1 aliphatic heterocycles. The van der Waals surface area contributed by atoms with Gasteiger partial charge in [-0.25, -0.2) is 4.79 Å². The van der Waals surface area contributed by atoms with Crippen LogP contribution in [0.2, 0.25) is 0 Å². The molecule has 40 heavy (non-hydrogen) atoms. The van der Waals surface area contributed by atoms with Crippen LogP contribution in [0.1, 0.15) is 56.9 Å². The summed E-state index contributed by atoms with van der Waals surface area (Å²) in [6.45, 7) is 3.37. The number of piperidine rings is 1. The number of benzene rings is 2. The highest BCUT2D eigenvalue weighted by Gasteiger charge is 2.22. The minimum absolute atomic E-state index is 0.0335. The first-order valence-corrected chi connectivity index (χ1v) is 14.8. The number of carbonyl (C=O) groups is 1. The second kappa shape index (κ2) is 18.3. The molecule has 0 aromatic heterocycles. The summed E-state index contributed by atoms with van der Waals surface area (Å²) in [5.74, 6) is 0.796. The second-order valence-electron chi connectivity index (χ2n) is 10.6. The van der Waals surface area contributed by atoms with E-state index in [0.717, 1.165) is 76.7 Å². The topological polar surface area (TPSA) is 106 Å². The van der Waals surface area contributed by atoms with E-state index in [1.807, 2.05) is 4.90 Å². The van der Waals surface area contributed by atoms with Crippen LogP contribution in [0.4, 0.5) is 14.9 Å². The number of carbonyl (C=O) groups excluding carboxylic acids is 1. The Labute approximate surface area is 238 Å². The summed E-state index contributed by atoms with van der Waals surface area (Å²) < 4.78 is 17.6. The van der Waals surface area contributed by atoms with Crippen LogP contribution in [-0.2, 0) is 6.42 Å². The summed E-state index contributed by atoms with van der Waals surface area (Å²) in [6, 6.07) is 15.3. The first kappa shape index (κ1) is 31.5. The van der Waals surface area contributed by atoms with Gasteiger partial charge in [0.1, 0.15) is 24.2 Å². The third kappa shape index (κ3) is 12.4. The normalized spacial score (nSPS) is 14.6. The minimum atomic E-state index is -0.618. The molecule has 0 saturated carbocycles. The monoisotopic (exact) mass is 558 g/mol. The number of aliphatic hydroxyl groups excluding tert-OH is 1. The van der Waals surface area contributed by atoms with Crippen LogP contribution in [0.3, 0.4) is 0 Å². The number of phenolic OH excluding ortho intramolecular Hbond substituents is 1. The molecule has 1 atom stereocenters. The van der Waals surface area contributed by atoms with E-state index in [1.165, 1.54) is 5.56 Å². The van der Waals surface area contributed by atoms with E-state index in [2.05, 4.69) is 40.2 Å². The van der Waals surface area contributed by atoms with Gasteiger partial charge in [0.05, 0.1) is 6.67 Å². The second-order valence-corrected chi connectivity index (χ2v) is 10.6. The van der Waals surface area contributed by atoms with E-state index in [0.29, 0.717) is 31.3 Å². The van der Waals surface area contributed by atoms with Crippen molar-refractivity contribution < 1.29 is 24.1 Å². The van der Waals surface area contributed by atoms with E-state index in [-0.39, 0.29) is 25.1 Å². The minimum Gasteiger partial charge on any atom is -0.508 e. The van der Waals surface area contributed by atoms with E-state index in [4.69, 9.17) is 4.74 Å². The lowest BCUT2D eigenvalue weighted by molar-refractivity contribution is 0.106. The summed E-state index contributed by atoms with van der Waals surface area (Å²) in [4.78, 5) is 14.4. The molecule has 0 radical (unpaired) electrons. The number of halogens is 1. The number of phenols is 1. The fraction of sp³-hybridized carbons (Fsp3) is 0.581. The molecule has 0 bridgehead atoms. The first-order valence-electron chi connectivity index (χ1n) is 14.8. The first-order chi connectivity index (χ1) is 19.5. The summed E-state index contributed by atoms with van der Waals surface area (Å²) in [6.07, 6.45) is 7.95. The van der Waals surface area contributed by atoms with Crippen LogP contribution >= 0.6 is 0 Å². The summed E-state index contributed by atoms with van der Waals surface area (Å²) in [5, 5.41) is 29.3. The molecule has 1 fully saturated rings. The molecule has 1 heterocycles. The smallest absolute Gasteiger partial charge is 0.317 e. The van der Waals surface area contributed by atoms with Gasteiger partial charge >= 0.3 is 6.03 Å². The molecule has 2 amide bonds. The van der Waals surface area contributed by atoms with Crippen molar-refractivity contribution in [3.63, 3.8) is 0 Å². The highest BCUT2D eigenvalue weighted by atomic mass is 19.1. The van der Waals surface area contributed by atoms with Gasteiger partial charge in [-0.1, -0.05) is 37.8 Å². The van der Waals surface area contributed by atoms with Gasteiger partial charge in [0.2, 0.25) is 0 Å². The van der Waals surface area contributed by atoms with Gasteiger partial charge in [-0.15, -0.1) is 0 Å². The summed E-state index contributed by atoms with van der Waals surface area (Å²) in [5.41, 5.74) is 2.31. The summed E-state index contributed by atoms with van der Waals surface area (Å²) >= 11 is 0. The average molecular weight is 559 g/mol. The molecule has 3 rings (SSSR count). The lowest BCUT2D eigenvalue weighted by Gasteiger charge is -2.33. The van der Waals surface area contributed by atoms with Gasteiger partial charge in [0.25, 0.3) is 0 Å². The molecule has 0 aliphatic carbocycles. The van der Waals surface area contributed by atoms with Crippen molar-refractivity contribution in [2.45, 2.75) is 69.9 Å². The number of nitrogens with one attached hydrogen (secondary N) is 3. The van der Waals surface area contributed by atoms with E-state index in [9.17, 15) is 19.4 Å². The fourth-order valence-electron chi connectivity index (χ4n) is 4.76. The Hall–Kier alpha value is -3.04. The maximum atomic E-state index is 12.4. The number of unbranched alkanes of at least 4 members (excludes halogenated alkanes) is 5. The Morgan fingerprint density at radius 2 is 1.62 bits per heavy atom. The van der Waals surface area contributed by atoms with Crippen molar-refractivity contribution >= 4 is 11.7 Å². The van der Waals surface area contributed by atoms with Crippen LogP contribution < -0.4 is 20.7 Å². The predicted molar refractivity (Wildman–Crippen MR) is 158 cm³/mol. The van der Waals surface area contributed by atoms with Crippen molar-refractivity contribution in [1.82, 2.24) is 15.5 Å². The maximum Gasteiger partial charge on any atom is 0.317 e. The standard InChI is InChI=1S/C31H47FN4O4/c32-18-5-3-1-2-4-6-19-34-31(39)36-21-16-27(17-22-36)35-26-9-7-25(8-10-26)15-20-33-23-29(38)24-40-30-13-11-28(37)12-14-30/h7-14,27,29,33,35,37-38H,1-6,15-24H2,(H,34,39)/t29-/m0/s1. The fourth-order valence-corrected chi connectivity index (χ4v) is 4.76. The van der Waals surface area contributed by atoms with Crippen molar-refractivity contribution in [2.24, 2.45) is 0 Å². The number of nitrogens with zero attached hydrogens (tertiary/aromatic N) is 1. The Morgan fingerprint density at radius 1 is 0.950 bits per heavy atom. The van der Waals surface area contributed by atoms with Crippen molar-refractivity contribution in [2.75, 3.05) is 51.3 Å². The molecule has 1 saturated heterocycles. The molecule has 0 spiro atoms. The van der Waals surface area contributed by atoms with Crippen LogP contribution in [0.25, 0.3) is 0 Å². The molecule has 5 N–H and O–H groups in total. The number of likely N-dealkylation sites (tertiary alicyclic amines) is 1. The molecule has 8 nitrogen and oxygen atoms in total. The number of rotatable bonds is 18. The molecule has 0 unspecified atom stereocenters. The number of aliphatic hydroxyl groups is 1. The number of hydrogen-bond acceptors (Lipinski definition) is 6. The molecule has 9 heteroatoms. The van der Waals surface area contributed by atoms with E-state index < -0.39 is 6.10 Å². The number of amides is 2. The SMILES string of the molecule is O=C(NCCCCCCCCF)N1CCC(Nc2ccc(CCNC[C@H](O)COc3ccc(O)cc3)cc2)CC1. The van der Waals surface area contributed by atoms with Crippen LogP contribution in [0, 0.1) is 0 Å². The molecular formula is C31H47FN4O4. The van der Waals surface area contributed by atoms with Crippen molar-refractivity contribution in [3.05, 3.63) is 54.1 Å². The predicted octanol–water partition coefficient (Wildman–Crippen LogP) is 4.86. The number of hydrogen-bond donors (Lipinski definition) is 5. The van der Waals surface area contributed by atoms with Gasteiger partial charge in [0, 0.05) is 37.9 Å². The zero-order chi connectivity index (χ0) is 28.4. The Kier molecular flexibility index (Phi) is 14.4. The number of anilines is 1. The van der Waals surface area contributed by atoms with E-state index >= 15 is 0 Å². The van der Waals surface area contributed by atoms with E-state index in [1.54, 1.807) is 24.3 Å². The van der Waals surface area contributed by atoms with Gasteiger partial charge in [-0.2, -0.15) is 0 Å². The average Bonchev–Trinajstić information content (AvgIpc) is 2.97. The number of ether oxygens (including phenoxy) is 1. The Morgan fingerprint density at radius 3 is 2.33 bits per heavy atom. The molecule has 2 aromatic rings. The van der Waals surface area contributed by atoms with Gasteiger partial charge in [-0.05, 0) is 80.6 Å². The van der Waals surface area contributed by atoms with Crippen molar-refractivity contribution in [3.8, 4) is 11.5 Å². The third-order valence-corrected chi connectivity index (χ3v) is 7.19. The largest absolute Gasteiger partial charge is 0.508 e. The Bertz CT molecular complexity index is 953. The number of aromatic hydroxyl groups is 1. The van der Waals surface area contributed by atoms with Gasteiger partial charge < -0.3 is 35.8 Å². The maximum absolute atomic E-state index is 12.4. The number of urea groups is 1. The van der Waals surface area contributed by atoms with Crippen molar-refractivity contribution in [1.29, 1.82) is 0 Å². The molecular weight excluding hydrogens is 511 g/mol. The zero-order valence-corrected chi connectivity index (χ0v) is 23.6. The van der Waals surface area contributed by atoms with Crippen LogP contribution in [0.15, 0.2) is 48.5 Å². The van der Waals surface area contributed by atoms with Crippen LogP contribution in [-0.4, -0.2) is 79.3 Å². The highest BCUT2D eigenvalue weighted by molar-refractivity contribution is 5.74. The van der Waals surface area contributed by atoms with Gasteiger partial charge in [0.15, 0.2) is 0 Å². The third-order valence-electron chi connectivity index (χ3n) is 7.19. The molecule has 2 aromatic carbocycles. The quantitative estimate of drug-likeness (QED) is 0.167. The number of alkyl halides is 1. The lowest BCUT2D eigenvalue weighted by Crippen LogP contribution is -2.47. The Balaban J connectivity index is 1.22.